The molecular weight excluding hydrogens is 140 g/mol. The molecule has 0 spiro atoms. The van der Waals surface area contributed by atoms with Crippen molar-refractivity contribution in [1.82, 2.24) is 0 Å². The Morgan fingerprint density at radius 1 is 1.64 bits per heavy atom. The van der Waals surface area contributed by atoms with Crippen LogP contribution in [0.5, 0.6) is 0 Å². The van der Waals surface area contributed by atoms with E-state index in [1.807, 2.05) is 0 Å². The highest BCUT2D eigenvalue weighted by Crippen LogP contribution is 2.35. The zero-order valence-electron chi connectivity index (χ0n) is 7.14. The molecule has 2 heteroatoms. The number of rotatable bonds is 4. The molecule has 1 aliphatic rings. The SMILES string of the molecule is CCCC1(CC=O)CCOC1. The van der Waals surface area contributed by atoms with Crippen LogP contribution in [0.3, 0.4) is 0 Å². The van der Waals surface area contributed by atoms with Crippen LogP contribution in [0.15, 0.2) is 0 Å². The molecule has 1 rings (SSSR count). The summed E-state index contributed by atoms with van der Waals surface area (Å²) in [6.07, 6.45) is 5.06. The quantitative estimate of drug-likeness (QED) is 0.580. The fourth-order valence-electron chi connectivity index (χ4n) is 1.82. The van der Waals surface area contributed by atoms with Gasteiger partial charge in [-0.25, -0.2) is 0 Å². The van der Waals surface area contributed by atoms with E-state index in [0.29, 0.717) is 6.42 Å². The highest BCUT2D eigenvalue weighted by molar-refractivity contribution is 5.50. The lowest BCUT2D eigenvalue weighted by molar-refractivity contribution is -0.110. The van der Waals surface area contributed by atoms with Crippen LogP contribution in [-0.2, 0) is 9.53 Å². The molecule has 1 aliphatic heterocycles. The van der Waals surface area contributed by atoms with Gasteiger partial charge in [-0.15, -0.1) is 0 Å². The molecule has 0 bridgehead atoms. The summed E-state index contributed by atoms with van der Waals surface area (Å²) in [7, 11) is 0. The molecule has 0 aromatic heterocycles. The van der Waals surface area contributed by atoms with Gasteiger partial charge < -0.3 is 9.53 Å². The van der Waals surface area contributed by atoms with Crippen molar-refractivity contribution in [2.24, 2.45) is 5.41 Å². The Labute approximate surface area is 67.9 Å². The first-order valence-electron chi connectivity index (χ1n) is 4.34. The minimum Gasteiger partial charge on any atom is -0.381 e. The van der Waals surface area contributed by atoms with E-state index >= 15 is 0 Å². The van der Waals surface area contributed by atoms with E-state index in [1.54, 1.807) is 0 Å². The number of hydrogen-bond acceptors (Lipinski definition) is 2. The molecule has 0 aromatic carbocycles. The van der Waals surface area contributed by atoms with Crippen LogP contribution >= 0.6 is 0 Å². The van der Waals surface area contributed by atoms with Gasteiger partial charge in [0, 0.05) is 18.4 Å². The van der Waals surface area contributed by atoms with Crippen molar-refractivity contribution in [3.05, 3.63) is 0 Å². The third kappa shape index (κ3) is 2.03. The normalized spacial score (nSPS) is 30.6. The number of aldehydes is 1. The Hall–Kier alpha value is -0.370. The lowest BCUT2D eigenvalue weighted by atomic mass is 9.80. The first kappa shape index (κ1) is 8.72. The Bertz CT molecular complexity index is 126. The van der Waals surface area contributed by atoms with Gasteiger partial charge in [0.2, 0.25) is 0 Å². The Balaban J connectivity index is 2.46. The molecule has 2 nitrogen and oxygen atoms in total. The van der Waals surface area contributed by atoms with Crippen LogP contribution in [0.1, 0.15) is 32.6 Å². The number of carbonyl (C=O) groups excluding carboxylic acids is 1. The summed E-state index contributed by atoms with van der Waals surface area (Å²) in [5.41, 5.74) is 0.205. The Morgan fingerprint density at radius 2 is 2.45 bits per heavy atom. The Morgan fingerprint density at radius 3 is 2.91 bits per heavy atom. The summed E-state index contributed by atoms with van der Waals surface area (Å²) < 4.78 is 5.31. The van der Waals surface area contributed by atoms with E-state index in [2.05, 4.69) is 6.92 Å². The molecule has 1 atom stereocenters. The second-order valence-corrected chi connectivity index (χ2v) is 3.42. The lowest BCUT2D eigenvalue weighted by Gasteiger charge is -2.23. The third-order valence-electron chi connectivity index (χ3n) is 2.48. The molecular formula is C9H16O2. The van der Waals surface area contributed by atoms with Crippen LogP contribution < -0.4 is 0 Å². The molecule has 1 fully saturated rings. The van der Waals surface area contributed by atoms with Gasteiger partial charge in [0.1, 0.15) is 6.29 Å². The smallest absolute Gasteiger partial charge is 0.120 e. The lowest BCUT2D eigenvalue weighted by Crippen LogP contribution is -2.21. The zero-order valence-corrected chi connectivity index (χ0v) is 7.14. The van der Waals surface area contributed by atoms with E-state index in [9.17, 15) is 4.79 Å². The van der Waals surface area contributed by atoms with Gasteiger partial charge in [-0.05, 0) is 12.8 Å². The molecule has 0 radical (unpaired) electrons. The van der Waals surface area contributed by atoms with Crippen LogP contribution in [0, 0.1) is 5.41 Å². The average Bonchev–Trinajstić information content (AvgIpc) is 2.39. The van der Waals surface area contributed by atoms with Crippen LogP contribution in [0.2, 0.25) is 0 Å². The molecule has 64 valence electrons. The van der Waals surface area contributed by atoms with Gasteiger partial charge in [-0.3, -0.25) is 0 Å². The van der Waals surface area contributed by atoms with Crippen molar-refractivity contribution < 1.29 is 9.53 Å². The highest BCUT2D eigenvalue weighted by Gasteiger charge is 2.33. The fourth-order valence-corrected chi connectivity index (χ4v) is 1.82. The predicted molar refractivity (Wildman–Crippen MR) is 43.5 cm³/mol. The molecule has 0 aromatic rings. The summed E-state index contributed by atoms with van der Waals surface area (Å²) in [6, 6.07) is 0. The van der Waals surface area contributed by atoms with Gasteiger partial charge >= 0.3 is 0 Å². The minimum atomic E-state index is 0.205. The second kappa shape index (κ2) is 3.86. The largest absolute Gasteiger partial charge is 0.381 e. The Kier molecular flexibility index (Phi) is 3.06. The fraction of sp³-hybridized carbons (Fsp3) is 0.889. The van der Waals surface area contributed by atoms with Gasteiger partial charge in [0.25, 0.3) is 0 Å². The van der Waals surface area contributed by atoms with Crippen LogP contribution in [-0.4, -0.2) is 19.5 Å². The van der Waals surface area contributed by atoms with E-state index in [0.717, 1.165) is 38.8 Å². The van der Waals surface area contributed by atoms with Crippen molar-refractivity contribution in [1.29, 1.82) is 0 Å². The van der Waals surface area contributed by atoms with E-state index in [-0.39, 0.29) is 5.41 Å². The number of hydrogen-bond donors (Lipinski definition) is 0. The second-order valence-electron chi connectivity index (χ2n) is 3.42. The number of carbonyl (C=O) groups is 1. The van der Waals surface area contributed by atoms with Crippen molar-refractivity contribution in [3.8, 4) is 0 Å². The first-order chi connectivity index (χ1) is 5.33. The maximum absolute atomic E-state index is 10.4. The summed E-state index contributed by atoms with van der Waals surface area (Å²) in [4.78, 5) is 10.4. The van der Waals surface area contributed by atoms with Gasteiger partial charge in [-0.1, -0.05) is 13.3 Å². The molecule has 0 saturated carbocycles. The molecule has 11 heavy (non-hydrogen) atoms. The molecule has 1 heterocycles. The van der Waals surface area contributed by atoms with E-state index < -0.39 is 0 Å². The van der Waals surface area contributed by atoms with Crippen LogP contribution in [0.4, 0.5) is 0 Å². The summed E-state index contributed by atoms with van der Waals surface area (Å²) in [6.45, 7) is 3.79. The molecule has 0 aliphatic carbocycles. The first-order valence-corrected chi connectivity index (χ1v) is 4.34. The maximum Gasteiger partial charge on any atom is 0.120 e. The molecule has 0 N–H and O–H groups in total. The third-order valence-corrected chi connectivity index (χ3v) is 2.48. The molecule has 1 saturated heterocycles. The highest BCUT2D eigenvalue weighted by atomic mass is 16.5. The predicted octanol–water partition coefficient (Wildman–Crippen LogP) is 1.78. The van der Waals surface area contributed by atoms with Gasteiger partial charge in [0.15, 0.2) is 0 Å². The van der Waals surface area contributed by atoms with E-state index in [4.69, 9.17) is 4.74 Å². The zero-order chi connectivity index (χ0) is 8.16. The standard InChI is InChI=1S/C9H16O2/c1-2-3-9(4-6-10)5-7-11-8-9/h6H,2-5,7-8H2,1H3. The van der Waals surface area contributed by atoms with Crippen molar-refractivity contribution in [2.45, 2.75) is 32.6 Å². The summed E-state index contributed by atoms with van der Waals surface area (Å²) >= 11 is 0. The minimum absolute atomic E-state index is 0.205. The molecule has 0 amide bonds. The average molecular weight is 156 g/mol. The summed E-state index contributed by atoms with van der Waals surface area (Å²) in [5.74, 6) is 0. The van der Waals surface area contributed by atoms with Gasteiger partial charge in [-0.2, -0.15) is 0 Å². The number of ether oxygens (including phenoxy) is 1. The summed E-state index contributed by atoms with van der Waals surface area (Å²) in [5, 5.41) is 0. The van der Waals surface area contributed by atoms with Crippen LogP contribution in [0.25, 0.3) is 0 Å². The molecule has 1 unspecified atom stereocenters. The monoisotopic (exact) mass is 156 g/mol. The van der Waals surface area contributed by atoms with Crippen molar-refractivity contribution >= 4 is 6.29 Å². The van der Waals surface area contributed by atoms with Crippen molar-refractivity contribution in [2.75, 3.05) is 13.2 Å². The van der Waals surface area contributed by atoms with E-state index in [1.165, 1.54) is 0 Å². The van der Waals surface area contributed by atoms with Crippen molar-refractivity contribution in [3.63, 3.8) is 0 Å². The van der Waals surface area contributed by atoms with Gasteiger partial charge in [0.05, 0.1) is 6.61 Å². The topological polar surface area (TPSA) is 26.3 Å². The maximum atomic E-state index is 10.4.